The first-order chi connectivity index (χ1) is 13.0. The Labute approximate surface area is 158 Å². The van der Waals surface area contributed by atoms with E-state index < -0.39 is 0 Å². The summed E-state index contributed by atoms with van der Waals surface area (Å²) >= 11 is 0. The van der Waals surface area contributed by atoms with Crippen LogP contribution in [0.2, 0.25) is 0 Å². The molecule has 1 aliphatic rings. The van der Waals surface area contributed by atoms with Crippen LogP contribution < -0.4 is 5.56 Å². The average molecular weight is 358 g/mol. The maximum absolute atomic E-state index is 12.1. The fourth-order valence-corrected chi connectivity index (χ4v) is 3.99. The van der Waals surface area contributed by atoms with Gasteiger partial charge < -0.3 is 4.57 Å². The summed E-state index contributed by atoms with van der Waals surface area (Å²) in [6.45, 7) is 1.85. The quantitative estimate of drug-likeness (QED) is 0.721. The lowest BCUT2D eigenvalue weighted by Gasteiger charge is -2.22. The number of Topliss-reactive ketones (excluding diaryl/α,β-unsaturated/α-hetero) is 1. The van der Waals surface area contributed by atoms with Gasteiger partial charge in [-0.25, -0.2) is 0 Å². The number of carbonyl (C=O) groups excluding carboxylic acids is 1. The molecule has 3 aromatic rings. The number of benzene rings is 1. The Morgan fingerprint density at radius 2 is 2.00 bits per heavy atom. The van der Waals surface area contributed by atoms with Gasteiger partial charge in [-0.05, 0) is 65.3 Å². The summed E-state index contributed by atoms with van der Waals surface area (Å²) in [6, 6.07) is 10.2. The maximum atomic E-state index is 12.1. The molecule has 0 radical (unpaired) electrons. The molecule has 0 unspecified atom stereocenters. The molecule has 136 valence electrons. The molecule has 0 fully saturated rings. The normalized spacial score (nSPS) is 13.5. The highest BCUT2D eigenvalue weighted by Gasteiger charge is 2.21. The minimum atomic E-state index is 0.0242. The monoisotopic (exact) mass is 358 g/mol. The van der Waals surface area contributed by atoms with E-state index in [4.69, 9.17) is 0 Å². The second kappa shape index (κ2) is 6.95. The van der Waals surface area contributed by atoms with Crippen molar-refractivity contribution in [1.29, 1.82) is 0 Å². The topological polar surface area (TPSA) is 52.0 Å². The zero-order chi connectivity index (χ0) is 19.0. The molecule has 27 heavy (non-hydrogen) atoms. The molecule has 0 spiro atoms. The number of carbonyl (C=O) groups is 1. The van der Waals surface area contributed by atoms with Crippen LogP contribution in [0, 0.1) is 6.92 Å². The number of ketones is 1. The minimum absolute atomic E-state index is 0.0242. The summed E-state index contributed by atoms with van der Waals surface area (Å²) in [4.78, 5) is 28.3. The molecule has 4 heteroatoms. The highest BCUT2D eigenvalue weighted by Crippen LogP contribution is 2.33. The van der Waals surface area contributed by atoms with E-state index in [1.165, 1.54) is 11.1 Å². The molecule has 0 atom stereocenters. The van der Waals surface area contributed by atoms with Gasteiger partial charge in [0.05, 0.1) is 0 Å². The Kier molecular flexibility index (Phi) is 4.48. The molecule has 1 aromatic carbocycles. The molecule has 1 aliphatic carbocycles. The van der Waals surface area contributed by atoms with Crippen LogP contribution in [-0.2, 0) is 31.1 Å². The average Bonchev–Trinajstić information content (AvgIpc) is 2.66. The highest BCUT2D eigenvalue weighted by atomic mass is 16.1. The molecular formula is C23H22N2O2. The SMILES string of the molecule is Cc1cc(-c2ccc3c(c2Cc2cccnc2)CCC(=O)C3)cn(C)c1=O. The van der Waals surface area contributed by atoms with E-state index >= 15 is 0 Å². The summed E-state index contributed by atoms with van der Waals surface area (Å²) in [5.74, 6) is 0.306. The van der Waals surface area contributed by atoms with E-state index in [1.807, 2.05) is 31.5 Å². The van der Waals surface area contributed by atoms with Crippen molar-refractivity contribution in [2.45, 2.75) is 32.6 Å². The van der Waals surface area contributed by atoms with Crippen molar-refractivity contribution in [3.05, 3.63) is 87.1 Å². The molecule has 4 rings (SSSR count). The molecule has 0 saturated heterocycles. The Morgan fingerprint density at radius 1 is 1.15 bits per heavy atom. The predicted molar refractivity (Wildman–Crippen MR) is 106 cm³/mol. The highest BCUT2D eigenvalue weighted by molar-refractivity contribution is 5.84. The first-order valence-corrected chi connectivity index (χ1v) is 9.25. The van der Waals surface area contributed by atoms with Crippen LogP contribution >= 0.6 is 0 Å². The Morgan fingerprint density at radius 3 is 2.74 bits per heavy atom. The van der Waals surface area contributed by atoms with Crippen LogP contribution in [0.25, 0.3) is 11.1 Å². The second-order valence-corrected chi connectivity index (χ2v) is 7.31. The van der Waals surface area contributed by atoms with Gasteiger partial charge in [0.15, 0.2) is 0 Å². The van der Waals surface area contributed by atoms with Crippen LogP contribution in [-0.4, -0.2) is 15.3 Å². The lowest BCUT2D eigenvalue weighted by atomic mass is 9.82. The number of aromatic nitrogens is 2. The number of hydrogen-bond donors (Lipinski definition) is 0. The predicted octanol–water partition coefficient (Wildman–Crippen LogP) is 3.40. The van der Waals surface area contributed by atoms with Gasteiger partial charge in [-0.15, -0.1) is 0 Å². The van der Waals surface area contributed by atoms with Crippen LogP contribution in [0.5, 0.6) is 0 Å². The summed E-state index contributed by atoms with van der Waals surface area (Å²) in [5, 5.41) is 0. The van der Waals surface area contributed by atoms with Crippen molar-refractivity contribution >= 4 is 5.78 Å². The standard InChI is InChI=1S/C23H22N2O2/c1-15-10-18(14-25(2)23(15)27)21-7-5-17-12-19(26)6-8-20(17)22(21)11-16-4-3-9-24-13-16/h3-5,7,9-10,13-14H,6,8,11-12H2,1-2H3. The summed E-state index contributed by atoms with van der Waals surface area (Å²) in [5.41, 5.74) is 7.72. The number of fused-ring (bicyclic) bond motifs is 1. The summed E-state index contributed by atoms with van der Waals surface area (Å²) in [7, 11) is 1.79. The van der Waals surface area contributed by atoms with Crippen molar-refractivity contribution in [3.63, 3.8) is 0 Å². The van der Waals surface area contributed by atoms with Crippen LogP contribution in [0.3, 0.4) is 0 Å². The third kappa shape index (κ3) is 3.35. The van der Waals surface area contributed by atoms with Gasteiger partial charge in [-0.3, -0.25) is 14.6 Å². The van der Waals surface area contributed by atoms with E-state index in [2.05, 4.69) is 23.2 Å². The van der Waals surface area contributed by atoms with Crippen molar-refractivity contribution in [2.24, 2.45) is 7.05 Å². The zero-order valence-corrected chi connectivity index (χ0v) is 15.7. The van der Waals surface area contributed by atoms with Crippen molar-refractivity contribution in [2.75, 3.05) is 0 Å². The van der Waals surface area contributed by atoms with Gasteiger partial charge in [0.25, 0.3) is 5.56 Å². The smallest absolute Gasteiger partial charge is 0.253 e. The van der Waals surface area contributed by atoms with Gasteiger partial charge in [0.1, 0.15) is 5.78 Å². The second-order valence-electron chi connectivity index (χ2n) is 7.31. The molecule has 4 nitrogen and oxygen atoms in total. The lowest BCUT2D eigenvalue weighted by molar-refractivity contribution is -0.118. The Hall–Kier alpha value is -3.01. The molecule has 0 saturated carbocycles. The summed E-state index contributed by atoms with van der Waals surface area (Å²) < 4.78 is 1.64. The van der Waals surface area contributed by atoms with E-state index in [9.17, 15) is 9.59 Å². The van der Waals surface area contributed by atoms with E-state index in [-0.39, 0.29) is 5.56 Å². The molecule has 0 amide bonds. The van der Waals surface area contributed by atoms with Crippen molar-refractivity contribution in [3.8, 4) is 11.1 Å². The van der Waals surface area contributed by atoms with E-state index in [0.717, 1.165) is 40.7 Å². The molecular weight excluding hydrogens is 336 g/mol. The largest absolute Gasteiger partial charge is 0.318 e. The zero-order valence-electron chi connectivity index (χ0n) is 15.7. The van der Waals surface area contributed by atoms with Gasteiger partial charge >= 0.3 is 0 Å². The van der Waals surface area contributed by atoms with Crippen molar-refractivity contribution < 1.29 is 4.79 Å². The van der Waals surface area contributed by atoms with E-state index in [1.54, 1.807) is 17.8 Å². The molecule has 2 heterocycles. The van der Waals surface area contributed by atoms with Crippen LogP contribution in [0.4, 0.5) is 0 Å². The van der Waals surface area contributed by atoms with E-state index in [0.29, 0.717) is 18.6 Å². The Balaban J connectivity index is 1.91. The minimum Gasteiger partial charge on any atom is -0.318 e. The van der Waals surface area contributed by atoms with Crippen LogP contribution in [0.1, 0.15) is 34.2 Å². The Bertz CT molecular complexity index is 1060. The van der Waals surface area contributed by atoms with Gasteiger partial charge in [-0.2, -0.15) is 0 Å². The number of hydrogen-bond acceptors (Lipinski definition) is 3. The van der Waals surface area contributed by atoms with Crippen LogP contribution in [0.15, 0.2) is 53.7 Å². The molecule has 0 N–H and O–H groups in total. The number of nitrogens with zero attached hydrogens (tertiary/aromatic N) is 2. The van der Waals surface area contributed by atoms with Gasteiger partial charge in [0, 0.05) is 44.0 Å². The maximum Gasteiger partial charge on any atom is 0.253 e. The third-order valence-corrected chi connectivity index (χ3v) is 5.35. The lowest BCUT2D eigenvalue weighted by Crippen LogP contribution is -2.19. The first-order valence-electron chi connectivity index (χ1n) is 9.25. The van der Waals surface area contributed by atoms with Crippen molar-refractivity contribution in [1.82, 2.24) is 9.55 Å². The van der Waals surface area contributed by atoms with Gasteiger partial charge in [-0.1, -0.05) is 18.2 Å². The summed E-state index contributed by atoms with van der Waals surface area (Å²) in [6.07, 6.45) is 8.23. The third-order valence-electron chi connectivity index (χ3n) is 5.35. The fourth-order valence-electron chi connectivity index (χ4n) is 3.99. The number of rotatable bonds is 3. The molecule has 2 aromatic heterocycles. The number of aryl methyl sites for hydroxylation is 2. The fraction of sp³-hybridized carbons (Fsp3) is 0.261. The number of pyridine rings is 2. The first kappa shape index (κ1) is 17.4. The molecule has 0 bridgehead atoms. The van der Waals surface area contributed by atoms with Gasteiger partial charge in [0.2, 0.25) is 0 Å². The molecule has 0 aliphatic heterocycles.